The van der Waals surface area contributed by atoms with Gasteiger partial charge in [-0.3, -0.25) is 4.79 Å². The van der Waals surface area contributed by atoms with E-state index in [4.69, 9.17) is 4.98 Å². The zero-order chi connectivity index (χ0) is 16.7. The highest BCUT2D eigenvalue weighted by Gasteiger charge is 2.58. The van der Waals surface area contributed by atoms with Crippen molar-refractivity contribution in [2.45, 2.75) is 58.8 Å². The van der Waals surface area contributed by atoms with E-state index in [-0.39, 0.29) is 5.41 Å². The highest BCUT2D eigenvalue weighted by molar-refractivity contribution is 14.1. The predicted molar refractivity (Wildman–Crippen MR) is 106 cm³/mol. The molecule has 0 saturated heterocycles. The second kappa shape index (κ2) is 5.15. The highest BCUT2D eigenvalue weighted by Crippen LogP contribution is 2.65. The van der Waals surface area contributed by atoms with Crippen LogP contribution in [0.2, 0.25) is 0 Å². The Morgan fingerprint density at radius 3 is 2.79 bits per heavy atom. The first-order chi connectivity index (χ1) is 11.4. The summed E-state index contributed by atoms with van der Waals surface area (Å²) < 4.78 is 1.18. The smallest absolute Gasteiger partial charge is 0.154 e. The van der Waals surface area contributed by atoms with E-state index in [1.54, 1.807) is 5.57 Å². The van der Waals surface area contributed by atoms with Gasteiger partial charge in [-0.25, -0.2) is 4.98 Å². The van der Waals surface area contributed by atoms with Gasteiger partial charge in [-0.2, -0.15) is 0 Å². The number of halogens is 1. The molecule has 4 aliphatic carbocycles. The van der Waals surface area contributed by atoms with Gasteiger partial charge >= 0.3 is 0 Å². The molecule has 2 saturated carbocycles. The van der Waals surface area contributed by atoms with E-state index in [1.165, 1.54) is 32.8 Å². The van der Waals surface area contributed by atoms with Crippen molar-refractivity contribution in [1.82, 2.24) is 4.98 Å². The maximum absolute atomic E-state index is 12.5. The zero-order valence-corrected chi connectivity index (χ0v) is 17.4. The number of aromatic nitrogens is 1. The molecule has 0 N–H and O–H groups in total. The van der Waals surface area contributed by atoms with Gasteiger partial charge in [0.2, 0.25) is 0 Å². The first kappa shape index (κ1) is 16.0. The summed E-state index contributed by atoms with van der Waals surface area (Å²) in [6, 6.07) is 0. The molecule has 0 aliphatic heterocycles. The molecule has 2 fully saturated rings. The summed E-state index contributed by atoms with van der Waals surface area (Å²) in [5, 5.41) is 0. The number of fused-ring (bicyclic) bond motifs is 7. The van der Waals surface area contributed by atoms with E-state index < -0.39 is 0 Å². The lowest BCUT2D eigenvalue weighted by atomic mass is 9.48. The average molecular weight is 453 g/mol. The number of thiazole rings is 1. The van der Waals surface area contributed by atoms with Crippen LogP contribution in [0.1, 0.15) is 62.9 Å². The fraction of sp³-hybridized carbons (Fsp3) is 0.700. The Hall–Kier alpha value is -0.230. The van der Waals surface area contributed by atoms with Crippen molar-refractivity contribution in [3.63, 3.8) is 0 Å². The minimum atomic E-state index is -0.0113. The molecule has 0 spiro atoms. The number of Topliss-reactive ketones (excluding diaryl/α,β-unsaturated/α-hetero) is 1. The van der Waals surface area contributed by atoms with Gasteiger partial charge < -0.3 is 0 Å². The maximum atomic E-state index is 12.5. The number of rotatable bonds is 0. The van der Waals surface area contributed by atoms with Gasteiger partial charge in [-0.1, -0.05) is 19.9 Å². The number of ketones is 1. The number of aryl methyl sites for hydroxylation is 1. The van der Waals surface area contributed by atoms with Crippen LogP contribution in [0.4, 0.5) is 0 Å². The van der Waals surface area contributed by atoms with Crippen molar-refractivity contribution in [1.29, 1.82) is 0 Å². The molecule has 4 aliphatic rings. The van der Waals surface area contributed by atoms with E-state index in [0.717, 1.165) is 37.5 Å². The minimum absolute atomic E-state index is 0.0113. The Morgan fingerprint density at radius 2 is 1.96 bits per heavy atom. The molecule has 1 aromatic rings. The number of hydrogen-bond donors (Lipinski definition) is 0. The summed E-state index contributed by atoms with van der Waals surface area (Å²) in [6.07, 6.45) is 10.4. The molecule has 4 heteroatoms. The lowest BCUT2D eigenvalue weighted by molar-refractivity contribution is -0.131. The van der Waals surface area contributed by atoms with E-state index in [1.807, 2.05) is 11.3 Å². The van der Waals surface area contributed by atoms with Gasteiger partial charge in [0.1, 0.15) is 5.78 Å². The summed E-state index contributed by atoms with van der Waals surface area (Å²) in [4.78, 5) is 18.8. The fourth-order valence-electron chi connectivity index (χ4n) is 6.62. The Morgan fingerprint density at radius 1 is 1.17 bits per heavy atom. The normalized spacial score (nSPS) is 43.5. The molecule has 0 unspecified atom stereocenters. The lowest BCUT2D eigenvalue weighted by Crippen LogP contribution is -2.49. The Kier molecular flexibility index (Phi) is 3.43. The molecule has 1 heterocycles. The van der Waals surface area contributed by atoms with Crippen LogP contribution in [0.3, 0.4) is 0 Å². The molecular formula is C20H24INOS. The molecule has 24 heavy (non-hydrogen) atoms. The van der Waals surface area contributed by atoms with Gasteiger partial charge in [-0.15, -0.1) is 11.3 Å². The fourth-order valence-corrected chi connectivity index (χ4v) is 8.59. The summed E-state index contributed by atoms with van der Waals surface area (Å²) in [5.74, 6) is 2.65. The van der Waals surface area contributed by atoms with Gasteiger partial charge in [0, 0.05) is 11.8 Å². The third-order valence-corrected chi connectivity index (χ3v) is 9.79. The van der Waals surface area contributed by atoms with E-state index in [2.05, 4.69) is 42.5 Å². The van der Waals surface area contributed by atoms with E-state index in [0.29, 0.717) is 17.1 Å². The number of carbonyl (C=O) groups is 1. The molecule has 0 aromatic carbocycles. The zero-order valence-electron chi connectivity index (χ0n) is 14.4. The predicted octanol–water partition coefficient (Wildman–Crippen LogP) is 5.50. The number of nitrogens with zero attached hydrogens (tertiary/aromatic N) is 1. The summed E-state index contributed by atoms with van der Waals surface area (Å²) in [5.41, 5.74) is 3.22. The van der Waals surface area contributed by atoms with Crippen LogP contribution in [-0.4, -0.2) is 10.8 Å². The standard InChI is InChI=1S/C20H24INOS/c1-19-10-8-15-17(24-18(21)22-15)14(19)4-3-11-12-5-6-16(23)20(12,2)9-7-13(11)19/h4,11-13H,3,5-10H2,1-2H3/t11-,12-,13-,19+,20-/m0/s1. The van der Waals surface area contributed by atoms with Crippen molar-refractivity contribution in [2.24, 2.45) is 28.6 Å². The molecule has 5 rings (SSSR count). The van der Waals surface area contributed by atoms with Crippen LogP contribution in [0.15, 0.2) is 6.08 Å². The monoisotopic (exact) mass is 453 g/mol. The summed E-state index contributed by atoms with van der Waals surface area (Å²) in [6.45, 7) is 4.79. The third kappa shape index (κ3) is 1.93. The van der Waals surface area contributed by atoms with Crippen molar-refractivity contribution in [2.75, 3.05) is 0 Å². The molecular weight excluding hydrogens is 429 g/mol. The van der Waals surface area contributed by atoms with Crippen molar-refractivity contribution >= 4 is 45.3 Å². The second-order valence-electron chi connectivity index (χ2n) is 8.81. The molecule has 1 aromatic heterocycles. The lowest BCUT2D eigenvalue weighted by Gasteiger charge is -2.55. The quantitative estimate of drug-likeness (QED) is 0.486. The third-order valence-electron chi connectivity index (χ3n) is 7.97. The minimum Gasteiger partial charge on any atom is -0.299 e. The van der Waals surface area contributed by atoms with Gasteiger partial charge in [0.15, 0.2) is 3.01 Å². The summed E-state index contributed by atoms with van der Waals surface area (Å²) in [7, 11) is 0. The average Bonchev–Trinajstić information content (AvgIpc) is 3.06. The number of allylic oxidation sites excluding steroid dienone is 2. The van der Waals surface area contributed by atoms with E-state index in [9.17, 15) is 4.79 Å². The molecule has 0 bridgehead atoms. The topological polar surface area (TPSA) is 30.0 Å². The number of carbonyl (C=O) groups excluding carboxylic acids is 1. The Balaban J connectivity index is 1.58. The van der Waals surface area contributed by atoms with Gasteiger partial charge in [0.25, 0.3) is 0 Å². The van der Waals surface area contributed by atoms with Crippen molar-refractivity contribution in [3.8, 4) is 0 Å². The van der Waals surface area contributed by atoms with Crippen LogP contribution in [0.5, 0.6) is 0 Å². The SMILES string of the molecule is C[C@]12CCc3nc(I)sc3C1=CC[C@@H]1[C@@H]2CC[C@]2(C)C(=O)CC[C@@H]12. The Labute approximate surface area is 161 Å². The first-order valence-corrected chi connectivity index (χ1v) is 11.2. The van der Waals surface area contributed by atoms with Crippen LogP contribution in [0.25, 0.3) is 5.57 Å². The van der Waals surface area contributed by atoms with Crippen LogP contribution in [-0.2, 0) is 11.2 Å². The second-order valence-corrected chi connectivity index (χ2v) is 11.6. The molecule has 0 radical (unpaired) electrons. The van der Waals surface area contributed by atoms with Gasteiger partial charge in [0.05, 0.1) is 10.6 Å². The van der Waals surface area contributed by atoms with E-state index >= 15 is 0 Å². The summed E-state index contributed by atoms with van der Waals surface area (Å²) >= 11 is 4.26. The highest BCUT2D eigenvalue weighted by atomic mass is 127. The van der Waals surface area contributed by atoms with Crippen LogP contribution in [0, 0.1) is 31.6 Å². The largest absolute Gasteiger partial charge is 0.299 e. The molecule has 128 valence electrons. The first-order valence-electron chi connectivity index (χ1n) is 9.33. The van der Waals surface area contributed by atoms with Crippen molar-refractivity contribution in [3.05, 3.63) is 19.7 Å². The maximum Gasteiger partial charge on any atom is 0.154 e. The van der Waals surface area contributed by atoms with Crippen LogP contribution < -0.4 is 0 Å². The molecule has 0 amide bonds. The van der Waals surface area contributed by atoms with Crippen molar-refractivity contribution < 1.29 is 4.79 Å². The van der Waals surface area contributed by atoms with Crippen LogP contribution >= 0.6 is 33.9 Å². The molecule has 5 atom stereocenters. The Bertz CT molecular complexity index is 768. The molecule has 2 nitrogen and oxygen atoms in total. The number of hydrogen-bond acceptors (Lipinski definition) is 3. The van der Waals surface area contributed by atoms with Gasteiger partial charge in [-0.05, 0) is 89.9 Å².